The fourth-order valence-electron chi connectivity index (χ4n) is 4.37. The number of hydrogen-bond donors (Lipinski definition) is 1. The van der Waals surface area contributed by atoms with Crippen molar-refractivity contribution in [2.45, 2.75) is 24.1 Å². The fourth-order valence-corrected chi connectivity index (χ4v) is 9.50. The van der Waals surface area contributed by atoms with Crippen molar-refractivity contribution < 1.29 is 5.11 Å². The summed E-state index contributed by atoms with van der Waals surface area (Å²) >= 11 is 0. The summed E-state index contributed by atoms with van der Waals surface area (Å²) in [7, 11) is -1.98. The Morgan fingerprint density at radius 1 is 0.769 bits per heavy atom. The first-order valence-corrected chi connectivity index (χ1v) is 11.6. The number of aliphatic hydroxyl groups excluding tert-OH is 1. The molecule has 3 aromatic rings. The minimum atomic E-state index is -1.98. The van der Waals surface area contributed by atoms with Gasteiger partial charge in [-0.1, -0.05) is 114 Å². The highest BCUT2D eigenvalue weighted by molar-refractivity contribution is 7.04. The Morgan fingerprint density at radius 2 is 1.27 bits per heavy atom. The van der Waals surface area contributed by atoms with E-state index in [1.807, 2.05) is 30.3 Å². The minimum absolute atomic E-state index is 0.391. The summed E-state index contributed by atoms with van der Waals surface area (Å²) in [5, 5.41) is 13.8. The largest absolute Gasteiger partial charge is 0.388 e. The molecule has 0 spiro atoms. The van der Waals surface area contributed by atoms with Crippen LogP contribution in [0.2, 0.25) is 11.6 Å². The van der Waals surface area contributed by atoms with Crippen molar-refractivity contribution in [1.29, 1.82) is 0 Å². The second-order valence-electron chi connectivity index (χ2n) is 7.10. The van der Waals surface area contributed by atoms with Gasteiger partial charge < -0.3 is 5.11 Å². The van der Waals surface area contributed by atoms with Crippen molar-refractivity contribution in [3.05, 3.63) is 109 Å². The Morgan fingerprint density at radius 3 is 1.81 bits per heavy atom. The normalized spacial score (nSPS) is 19.3. The van der Waals surface area contributed by atoms with Gasteiger partial charge in [0.2, 0.25) is 0 Å². The van der Waals surface area contributed by atoms with E-state index < -0.39 is 14.2 Å². The molecule has 0 saturated carbocycles. The lowest BCUT2D eigenvalue weighted by molar-refractivity contribution is 0.168. The second kappa shape index (κ2) is 7.44. The first-order valence-electron chi connectivity index (χ1n) is 9.31. The molecule has 0 bridgehead atoms. The fraction of sp³-hybridized carbons (Fsp3) is 0.167. The van der Waals surface area contributed by atoms with E-state index in [1.165, 1.54) is 10.4 Å². The molecule has 130 valence electrons. The van der Waals surface area contributed by atoms with Gasteiger partial charge in [0.25, 0.3) is 0 Å². The van der Waals surface area contributed by atoms with Crippen molar-refractivity contribution in [2.75, 3.05) is 0 Å². The van der Waals surface area contributed by atoms with Crippen LogP contribution in [0.4, 0.5) is 0 Å². The Hall–Kier alpha value is -2.42. The van der Waals surface area contributed by atoms with Crippen molar-refractivity contribution in [1.82, 2.24) is 0 Å². The van der Waals surface area contributed by atoms with Gasteiger partial charge >= 0.3 is 0 Å². The summed E-state index contributed by atoms with van der Waals surface area (Å²) in [6.07, 6.45) is 5.05. The molecule has 0 aliphatic carbocycles. The molecule has 0 radical (unpaired) electrons. The number of hydrogen-bond acceptors (Lipinski definition) is 1. The summed E-state index contributed by atoms with van der Waals surface area (Å²) in [6, 6.07) is 33.1. The van der Waals surface area contributed by atoms with Gasteiger partial charge in [-0.05, 0) is 23.6 Å². The molecule has 0 amide bonds. The van der Waals surface area contributed by atoms with Crippen LogP contribution < -0.4 is 10.4 Å². The molecule has 3 aromatic carbocycles. The molecule has 1 N–H and O–H groups in total. The molecule has 4 rings (SSSR count). The van der Waals surface area contributed by atoms with Crippen LogP contribution >= 0.6 is 0 Å². The molecule has 1 aliphatic rings. The van der Waals surface area contributed by atoms with Gasteiger partial charge in [-0.15, -0.1) is 0 Å². The number of rotatable bonds is 5. The Kier molecular flexibility index (Phi) is 4.87. The smallest absolute Gasteiger partial charge is 0.128 e. The van der Waals surface area contributed by atoms with E-state index in [-0.39, 0.29) is 0 Å². The lowest BCUT2D eigenvalue weighted by Crippen LogP contribution is -2.59. The van der Waals surface area contributed by atoms with Crippen molar-refractivity contribution in [2.24, 2.45) is 0 Å². The van der Waals surface area contributed by atoms with E-state index in [9.17, 15) is 5.11 Å². The SMILES string of the molecule is O[C@H](C[C@H]1C=CC[Si]1(c1ccccc1)c1ccccc1)c1ccccc1. The van der Waals surface area contributed by atoms with Crippen LogP contribution in [0.15, 0.2) is 103 Å². The monoisotopic (exact) mass is 356 g/mol. The number of aliphatic hydroxyl groups is 1. The van der Waals surface area contributed by atoms with Crippen molar-refractivity contribution >= 4 is 18.4 Å². The third-order valence-electron chi connectivity index (χ3n) is 5.68. The Balaban J connectivity index is 1.74. The molecular formula is C24H24OSi. The molecule has 1 heterocycles. The standard InChI is InChI=1S/C24H24OSi/c25-24(20-11-4-1-5-12-20)19-23-17-10-18-26(23,21-13-6-2-7-14-21)22-15-8-3-9-16-22/h1-17,23-25H,18-19H2/t23-,24-/m1/s1. The van der Waals surface area contributed by atoms with Gasteiger partial charge in [-0.3, -0.25) is 0 Å². The second-order valence-corrected chi connectivity index (χ2v) is 11.4. The molecule has 1 aliphatic heterocycles. The molecule has 1 nitrogen and oxygen atoms in total. The van der Waals surface area contributed by atoms with E-state index in [2.05, 4.69) is 72.8 Å². The van der Waals surface area contributed by atoms with Crippen LogP contribution in [0.1, 0.15) is 18.1 Å². The van der Waals surface area contributed by atoms with Crippen molar-refractivity contribution in [3.63, 3.8) is 0 Å². The van der Waals surface area contributed by atoms with Gasteiger partial charge in [0.15, 0.2) is 0 Å². The maximum absolute atomic E-state index is 10.9. The zero-order valence-corrected chi connectivity index (χ0v) is 15.8. The van der Waals surface area contributed by atoms with Gasteiger partial charge in [0.05, 0.1) is 6.10 Å². The minimum Gasteiger partial charge on any atom is -0.388 e. The number of benzene rings is 3. The summed E-state index contributed by atoms with van der Waals surface area (Å²) < 4.78 is 0. The summed E-state index contributed by atoms with van der Waals surface area (Å²) in [5.74, 6) is 0. The summed E-state index contributed by atoms with van der Waals surface area (Å²) in [6.45, 7) is 0. The zero-order valence-electron chi connectivity index (χ0n) is 14.8. The van der Waals surface area contributed by atoms with E-state index in [0.29, 0.717) is 5.54 Å². The van der Waals surface area contributed by atoms with E-state index >= 15 is 0 Å². The van der Waals surface area contributed by atoms with Crippen LogP contribution in [0.25, 0.3) is 0 Å². The van der Waals surface area contributed by atoms with Crippen molar-refractivity contribution in [3.8, 4) is 0 Å². The predicted molar refractivity (Wildman–Crippen MR) is 112 cm³/mol. The van der Waals surface area contributed by atoms with Crippen LogP contribution in [0.5, 0.6) is 0 Å². The first kappa shape index (κ1) is 17.0. The summed E-state index contributed by atoms with van der Waals surface area (Å²) in [5.41, 5.74) is 1.40. The highest BCUT2D eigenvalue weighted by Crippen LogP contribution is 2.40. The number of allylic oxidation sites excluding steroid dienone is 2. The Labute approximate surface area is 156 Å². The molecule has 2 heteroatoms. The molecule has 0 aromatic heterocycles. The Bertz CT molecular complexity index is 819. The third kappa shape index (κ3) is 3.07. The lowest BCUT2D eigenvalue weighted by atomic mass is 10.0. The van der Waals surface area contributed by atoms with Gasteiger partial charge in [0, 0.05) is 0 Å². The third-order valence-corrected chi connectivity index (χ3v) is 11.0. The van der Waals surface area contributed by atoms with Crippen LogP contribution in [0.3, 0.4) is 0 Å². The zero-order chi connectivity index (χ0) is 17.8. The van der Waals surface area contributed by atoms with Crippen LogP contribution in [0, 0.1) is 0 Å². The topological polar surface area (TPSA) is 20.2 Å². The highest BCUT2D eigenvalue weighted by atomic mass is 28.3. The predicted octanol–water partition coefficient (Wildman–Crippen LogP) is 4.31. The maximum Gasteiger partial charge on any atom is 0.128 e. The first-order chi connectivity index (χ1) is 12.8. The molecule has 0 unspecified atom stereocenters. The van der Waals surface area contributed by atoms with E-state index in [0.717, 1.165) is 18.0 Å². The van der Waals surface area contributed by atoms with Gasteiger partial charge in [-0.25, -0.2) is 0 Å². The van der Waals surface area contributed by atoms with Gasteiger partial charge in [0.1, 0.15) is 8.07 Å². The van der Waals surface area contributed by atoms with Gasteiger partial charge in [-0.2, -0.15) is 0 Å². The summed E-state index contributed by atoms with van der Waals surface area (Å²) in [4.78, 5) is 0. The molecule has 2 atom stereocenters. The maximum atomic E-state index is 10.9. The van der Waals surface area contributed by atoms with E-state index in [4.69, 9.17) is 0 Å². The lowest BCUT2D eigenvalue weighted by Gasteiger charge is -2.36. The average Bonchev–Trinajstić information content (AvgIpc) is 3.14. The van der Waals surface area contributed by atoms with Crippen LogP contribution in [-0.2, 0) is 0 Å². The average molecular weight is 357 g/mol. The van der Waals surface area contributed by atoms with E-state index in [1.54, 1.807) is 0 Å². The molecule has 26 heavy (non-hydrogen) atoms. The quantitative estimate of drug-likeness (QED) is 0.533. The van der Waals surface area contributed by atoms with Crippen LogP contribution in [-0.4, -0.2) is 13.2 Å². The molecule has 0 saturated heterocycles. The molecule has 0 fully saturated rings. The highest BCUT2D eigenvalue weighted by Gasteiger charge is 2.45. The molecular weight excluding hydrogens is 332 g/mol.